The lowest BCUT2D eigenvalue weighted by molar-refractivity contribution is -0.384. The second-order valence-corrected chi connectivity index (χ2v) is 8.68. The Morgan fingerprint density at radius 2 is 1.82 bits per heavy atom. The van der Waals surface area contributed by atoms with Gasteiger partial charge in [-0.1, -0.05) is 18.2 Å². The molecule has 0 N–H and O–H groups in total. The molecule has 8 nitrogen and oxygen atoms in total. The van der Waals surface area contributed by atoms with Gasteiger partial charge < -0.3 is 14.5 Å². The summed E-state index contributed by atoms with van der Waals surface area (Å²) in [5, 5.41) is 11.4. The lowest BCUT2D eigenvalue weighted by atomic mass is 10.0. The molecule has 1 amide bonds. The van der Waals surface area contributed by atoms with Crippen LogP contribution in [0.25, 0.3) is 10.4 Å². The maximum atomic E-state index is 14.3. The number of halogens is 1. The number of rotatable bonds is 10. The number of ether oxygens (including phenoxy) is 1. The molecule has 10 heteroatoms. The number of carbonyl (C=O) groups is 2. The largest absolute Gasteiger partial charge is 0.462 e. The van der Waals surface area contributed by atoms with Crippen LogP contribution < -0.4 is 4.90 Å². The van der Waals surface area contributed by atoms with E-state index in [1.807, 2.05) is 19.0 Å². The van der Waals surface area contributed by atoms with E-state index in [4.69, 9.17) is 4.74 Å². The summed E-state index contributed by atoms with van der Waals surface area (Å²) in [6, 6.07) is 12.1. The van der Waals surface area contributed by atoms with E-state index in [0.29, 0.717) is 39.5 Å². The molecule has 0 saturated carbocycles. The lowest BCUT2D eigenvalue weighted by Gasteiger charge is -2.18. The number of anilines is 1. The number of hydrogen-bond acceptors (Lipinski definition) is 7. The fraction of sp³-hybridized carbons (Fsp3) is 0.250. The summed E-state index contributed by atoms with van der Waals surface area (Å²) in [5.41, 5.74) is 1.73. The molecule has 34 heavy (non-hydrogen) atoms. The van der Waals surface area contributed by atoms with Gasteiger partial charge in [-0.25, -0.2) is 9.18 Å². The van der Waals surface area contributed by atoms with Crippen LogP contribution in [0.15, 0.2) is 48.5 Å². The van der Waals surface area contributed by atoms with Crippen molar-refractivity contribution in [1.29, 1.82) is 0 Å². The van der Waals surface area contributed by atoms with E-state index in [1.54, 1.807) is 37.3 Å². The zero-order valence-electron chi connectivity index (χ0n) is 19.0. The first-order chi connectivity index (χ1) is 16.3. The van der Waals surface area contributed by atoms with Crippen LogP contribution in [0.2, 0.25) is 0 Å². The molecule has 0 atom stereocenters. The smallest absolute Gasteiger partial charge is 0.341 e. The number of non-ortho nitro benzene ring substituents is 1. The zero-order valence-corrected chi connectivity index (χ0v) is 19.8. The van der Waals surface area contributed by atoms with Gasteiger partial charge in [0.2, 0.25) is 6.41 Å². The SMILES string of the molecule is CCOC(=O)c1c(N(C=O)Cc2ccccc2F)sc(-c2ccc([N+](=O)[O-])cc2)c1CN(C)C. The molecular formula is C24H24FN3O5S. The molecule has 0 aliphatic heterocycles. The third kappa shape index (κ3) is 5.46. The van der Waals surface area contributed by atoms with Crippen LogP contribution in [-0.2, 0) is 22.6 Å². The molecule has 3 rings (SSSR count). The Hall–Kier alpha value is -3.63. The van der Waals surface area contributed by atoms with E-state index >= 15 is 0 Å². The van der Waals surface area contributed by atoms with E-state index < -0.39 is 16.7 Å². The van der Waals surface area contributed by atoms with Crippen molar-refractivity contribution in [3.05, 3.63) is 81.2 Å². The van der Waals surface area contributed by atoms with E-state index in [1.165, 1.54) is 34.4 Å². The highest BCUT2D eigenvalue weighted by atomic mass is 32.1. The average molecular weight is 486 g/mol. The molecule has 1 aromatic heterocycles. The fourth-order valence-electron chi connectivity index (χ4n) is 3.47. The van der Waals surface area contributed by atoms with Crippen LogP contribution in [0, 0.1) is 15.9 Å². The van der Waals surface area contributed by atoms with Crippen molar-refractivity contribution >= 4 is 34.4 Å². The first-order valence-corrected chi connectivity index (χ1v) is 11.3. The van der Waals surface area contributed by atoms with Crippen LogP contribution in [0.5, 0.6) is 0 Å². The molecule has 0 bridgehead atoms. The predicted octanol–water partition coefficient (Wildman–Crippen LogP) is 4.86. The molecule has 2 aromatic carbocycles. The summed E-state index contributed by atoms with van der Waals surface area (Å²) in [6.07, 6.45) is 0.556. The summed E-state index contributed by atoms with van der Waals surface area (Å²) in [7, 11) is 3.67. The molecule has 1 heterocycles. The molecular weight excluding hydrogens is 461 g/mol. The Bertz CT molecular complexity index is 1190. The van der Waals surface area contributed by atoms with Gasteiger partial charge in [-0.05, 0) is 44.8 Å². The summed E-state index contributed by atoms with van der Waals surface area (Å²) in [5.74, 6) is -1.06. The summed E-state index contributed by atoms with van der Waals surface area (Å²) in [6.45, 7) is 2.09. The van der Waals surface area contributed by atoms with Gasteiger partial charge in [-0.3, -0.25) is 14.9 Å². The number of hydrogen-bond donors (Lipinski definition) is 0. The van der Waals surface area contributed by atoms with Gasteiger partial charge in [0.05, 0.1) is 23.6 Å². The number of nitro groups is 1. The van der Waals surface area contributed by atoms with Gasteiger partial charge in [0.1, 0.15) is 10.8 Å². The van der Waals surface area contributed by atoms with E-state index in [9.17, 15) is 24.1 Å². The van der Waals surface area contributed by atoms with Crippen molar-refractivity contribution in [1.82, 2.24) is 4.90 Å². The van der Waals surface area contributed by atoms with Gasteiger partial charge in [0, 0.05) is 34.7 Å². The Morgan fingerprint density at radius 3 is 2.38 bits per heavy atom. The molecule has 0 radical (unpaired) electrons. The van der Waals surface area contributed by atoms with Gasteiger partial charge >= 0.3 is 5.97 Å². The van der Waals surface area contributed by atoms with Crippen molar-refractivity contribution in [3.8, 4) is 10.4 Å². The Morgan fingerprint density at radius 1 is 1.15 bits per heavy atom. The molecule has 178 valence electrons. The third-order valence-corrected chi connectivity index (χ3v) is 6.29. The zero-order chi connectivity index (χ0) is 24.8. The second kappa shape index (κ2) is 11.0. The van der Waals surface area contributed by atoms with Crippen molar-refractivity contribution in [2.75, 3.05) is 25.6 Å². The van der Waals surface area contributed by atoms with Crippen LogP contribution >= 0.6 is 11.3 Å². The number of benzene rings is 2. The molecule has 0 unspecified atom stereocenters. The second-order valence-electron chi connectivity index (χ2n) is 7.68. The minimum Gasteiger partial charge on any atom is -0.462 e. The maximum Gasteiger partial charge on any atom is 0.341 e. The minimum atomic E-state index is -0.598. The number of nitro benzene ring substituents is 1. The first kappa shape index (κ1) is 25.0. The number of amides is 1. The Labute approximate surface area is 200 Å². The third-order valence-electron chi connectivity index (χ3n) is 4.97. The van der Waals surface area contributed by atoms with E-state index in [2.05, 4.69) is 0 Å². The molecule has 0 aliphatic carbocycles. The van der Waals surface area contributed by atoms with Gasteiger partial charge in [0.15, 0.2) is 0 Å². The normalized spacial score (nSPS) is 10.9. The quantitative estimate of drug-likeness (QED) is 0.176. The number of thiophene rings is 1. The number of esters is 1. The Balaban J connectivity index is 2.20. The molecule has 0 fully saturated rings. The highest BCUT2D eigenvalue weighted by molar-refractivity contribution is 7.20. The number of carbonyl (C=O) groups excluding carboxylic acids is 2. The fourth-order valence-corrected chi connectivity index (χ4v) is 4.74. The average Bonchev–Trinajstić information content (AvgIpc) is 3.17. The molecule has 0 aliphatic rings. The standard InChI is InChI=1S/C24H24FN3O5S/c1-4-33-24(30)21-19(14-26(2)3)22(16-9-11-18(12-10-16)28(31)32)34-23(21)27(15-29)13-17-7-5-6-8-20(17)25/h5-12,15H,4,13-14H2,1-3H3. The predicted molar refractivity (Wildman–Crippen MR) is 128 cm³/mol. The van der Waals surface area contributed by atoms with Crippen molar-refractivity contribution in [2.45, 2.75) is 20.0 Å². The van der Waals surface area contributed by atoms with Crippen molar-refractivity contribution in [3.63, 3.8) is 0 Å². The van der Waals surface area contributed by atoms with Crippen molar-refractivity contribution < 1.29 is 23.6 Å². The Kier molecular flexibility index (Phi) is 8.08. The van der Waals surface area contributed by atoms with Crippen LogP contribution in [0.1, 0.15) is 28.4 Å². The first-order valence-electron chi connectivity index (χ1n) is 10.4. The maximum absolute atomic E-state index is 14.3. The molecule has 0 spiro atoms. The molecule has 3 aromatic rings. The van der Waals surface area contributed by atoms with E-state index in [-0.39, 0.29) is 24.4 Å². The number of nitrogens with zero attached hydrogens (tertiary/aromatic N) is 3. The van der Waals surface area contributed by atoms with Crippen molar-refractivity contribution in [2.24, 2.45) is 0 Å². The van der Waals surface area contributed by atoms with Crippen LogP contribution in [0.4, 0.5) is 15.1 Å². The lowest BCUT2D eigenvalue weighted by Crippen LogP contribution is -2.23. The molecule has 0 saturated heterocycles. The minimum absolute atomic E-state index is 0.0608. The highest BCUT2D eigenvalue weighted by Gasteiger charge is 2.29. The van der Waals surface area contributed by atoms with Crippen LogP contribution in [-0.4, -0.2) is 42.9 Å². The van der Waals surface area contributed by atoms with Crippen LogP contribution in [0.3, 0.4) is 0 Å². The highest BCUT2D eigenvalue weighted by Crippen LogP contribution is 2.43. The topological polar surface area (TPSA) is 93.0 Å². The van der Waals surface area contributed by atoms with E-state index in [0.717, 1.165) is 0 Å². The van der Waals surface area contributed by atoms with Gasteiger partial charge in [-0.2, -0.15) is 0 Å². The monoisotopic (exact) mass is 485 g/mol. The van der Waals surface area contributed by atoms with Gasteiger partial charge in [0.25, 0.3) is 5.69 Å². The summed E-state index contributed by atoms with van der Waals surface area (Å²) < 4.78 is 19.6. The summed E-state index contributed by atoms with van der Waals surface area (Å²) in [4.78, 5) is 39.6. The van der Waals surface area contributed by atoms with Gasteiger partial charge in [-0.15, -0.1) is 11.3 Å². The summed E-state index contributed by atoms with van der Waals surface area (Å²) >= 11 is 1.18.